The van der Waals surface area contributed by atoms with Gasteiger partial charge >= 0.3 is 0 Å². The third-order valence-electron chi connectivity index (χ3n) is 4.03. The van der Waals surface area contributed by atoms with E-state index >= 15 is 0 Å². The first-order valence-electron chi connectivity index (χ1n) is 8.65. The van der Waals surface area contributed by atoms with Gasteiger partial charge in [0.2, 0.25) is 5.91 Å². The van der Waals surface area contributed by atoms with Crippen LogP contribution in [0.2, 0.25) is 10.0 Å². The number of amides is 1. The highest BCUT2D eigenvalue weighted by Crippen LogP contribution is 2.31. The molecule has 0 saturated heterocycles. The van der Waals surface area contributed by atoms with E-state index in [0.29, 0.717) is 22.6 Å². The Balaban J connectivity index is 1.81. The van der Waals surface area contributed by atoms with E-state index in [4.69, 9.17) is 28.5 Å². The molecule has 0 fully saturated rings. The molecule has 148 valence electrons. The van der Waals surface area contributed by atoms with Gasteiger partial charge in [-0.25, -0.2) is 4.98 Å². The van der Waals surface area contributed by atoms with Gasteiger partial charge in [0, 0.05) is 21.6 Å². The molecule has 0 spiro atoms. The normalized spacial score (nSPS) is 11.8. The Bertz CT molecular complexity index is 1170. The molecule has 3 rings (SSSR count). The van der Waals surface area contributed by atoms with Crippen LogP contribution in [0.1, 0.15) is 13.3 Å². The molecule has 1 amide bonds. The number of benzene rings is 2. The fourth-order valence-corrected chi connectivity index (χ4v) is 4.25. The molecule has 1 aromatic heterocycles. The minimum Gasteiger partial charge on any atom is -0.324 e. The fourth-order valence-electron chi connectivity index (χ4n) is 2.71. The van der Waals surface area contributed by atoms with Crippen LogP contribution in [0.15, 0.2) is 52.4 Å². The topological polar surface area (TPSA) is 87.8 Å². The lowest BCUT2D eigenvalue weighted by molar-refractivity contribution is -0.116. The van der Waals surface area contributed by atoms with Crippen LogP contribution >= 0.6 is 35.0 Å². The molecule has 0 aliphatic heterocycles. The molecule has 0 aliphatic rings. The number of thioether (sulfide) groups is 1. The first-order chi connectivity index (χ1) is 13.9. The molecule has 0 saturated carbocycles. The van der Waals surface area contributed by atoms with Crippen molar-refractivity contribution in [3.8, 4) is 6.07 Å². The van der Waals surface area contributed by atoms with Gasteiger partial charge in [-0.1, -0.05) is 42.3 Å². The summed E-state index contributed by atoms with van der Waals surface area (Å²) in [5.41, 5.74) is 0.561. The van der Waals surface area contributed by atoms with Crippen molar-refractivity contribution < 1.29 is 4.79 Å². The molecule has 6 nitrogen and oxygen atoms in total. The lowest BCUT2D eigenvalue weighted by Crippen LogP contribution is -2.28. The standard InChI is InChI=1S/C20H16Cl2N4O2S/c1-12(6-7-23)29-17-5-3-2-4-16(17)25-18(27)10-26-11-24-19-14(20(26)28)8-13(21)9-15(19)22/h2-5,8-9,11-12H,6,10H2,1H3,(H,25,27). The summed E-state index contributed by atoms with van der Waals surface area (Å²) in [7, 11) is 0. The second-order valence-corrected chi connectivity index (χ2v) is 8.62. The van der Waals surface area contributed by atoms with Gasteiger partial charge in [0.15, 0.2) is 0 Å². The second kappa shape index (κ2) is 9.31. The molecule has 0 bridgehead atoms. The Morgan fingerprint density at radius 3 is 2.86 bits per heavy atom. The summed E-state index contributed by atoms with van der Waals surface area (Å²) < 4.78 is 1.21. The third kappa shape index (κ3) is 5.10. The van der Waals surface area contributed by atoms with Gasteiger partial charge in [-0.2, -0.15) is 5.26 Å². The van der Waals surface area contributed by atoms with Crippen LogP contribution in [0.5, 0.6) is 0 Å². The van der Waals surface area contributed by atoms with Gasteiger partial charge in [-0.05, 0) is 24.3 Å². The zero-order valence-electron chi connectivity index (χ0n) is 15.4. The molecular formula is C20H16Cl2N4O2S. The summed E-state index contributed by atoms with van der Waals surface area (Å²) in [4.78, 5) is 30.3. The van der Waals surface area contributed by atoms with Gasteiger partial charge in [0.1, 0.15) is 6.54 Å². The van der Waals surface area contributed by atoms with Gasteiger partial charge in [0.05, 0.1) is 34.0 Å². The molecule has 9 heteroatoms. The summed E-state index contributed by atoms with van der Waals surface area (Å²) in [6, 6.07) is 12.5. The molecule has 29 heavy (non-hydrogen) atoms. The van der Waals surface area contributed by atoms with Gasteiger partial charge in [0.25, 0.3) is 5.56 Å². The number of carbonyl (C=O) groups excluding carboxylic acids is 1. The molecule has 0 aliphatic carbocycles. The summed E-state index contributed by atoms with van der Waals surface area (Å²) in [6.45, 7) is 1.74. The quantitative estimate of drug-likeness (QED) is 0.552. The van der Waals surface area contributed by atoms with Crippen molar-refractivity contribution in [1.82, 2.24) is 9.55 Å². The van der Waals surface area contributed by atoms with E-state index < -0.39 is 5.56 Å². The number of hydrogen-bond donors (Lipinski definition) is 1. The second-order valence-electron chi connectivity index (χ2n) is 6.30. The van der Waals surface area contributed by atoms with E-state index in [0.717, 1.165) is 4.90 Å². The van der Waals surface area contributed by atoms with Crippen molar-refractivity contribution in [1.29, 1.82) is 5.26 Å². The Labute approximate surface area is 181 Å². The Hall–Kier alpha value is -2.53. The number of aromatic nitrogens is 2. The van der Waals surface area contributed by atoms with Gasteiger partial charge < -0.3 is 5.32 Å². The highest BCUT2D eigenvalue weighted by Gasteiger charge is 2.14. The van der Waals surface area contributed by atoms with Crippen molar-refractivity contribution in [3.63, 3.8) is 0 Å². The highest BCUT2D eigenvalue weighted by molar-refractivity contribution is 8.00. The van der Waals surface area contributed by atoms with E-state index in [1.807, 2.05) is 25.1 Å². The molecular weight excluding hydrogens is 431 g/mol. The lowest BCUT2D eigenvalue weighted by Gasteiger charge is -2.14. The predicted molar refractivity (Wildman–Crippen MR) is 117 cm³/mol. The molecule has 1 heterocycles. The van der Waals surface area contributed by atoms with Crippen molar-refractivity contribution in [3.05, 3.63) is 63.1 Å². The maximum absolute atomic E-state index is 12.7. The number of anilines is 1. The van der Waals surface area contributed by atoms with Crippen LogP contribution < -0.4 is 10.9 Å². The molecule has 3 aromatic rings. The van der Waals surface area contributed by atoms with Crippen LogP contribution in [0.25, 0.3) is 10.9 Å². The highest BCUT2D eigenvalue weighted by atomic mass is 35.5. The Morgan fingerprint density at radius 2 is 2.10 bits per heavy atom. The minimum atomic E-state index is -0.403. The maximum atomic E-state index is 12.7. The number of para-hydroxylation sites is 1. The van der Waals surface area contributed by atoms with Crippen LogP contribution in [-0.4, -0.2) is 20.7 Å². The third-order valence-corrected chi connectivity index (χ3v) is 5.71. The Morgan fingerprint density at radius 1 is 1.34 bits per heavy atom. The first kappa shape index (κ1) is 21.2. The zero-order valence-corrected chi connectivity index (χ0v) is 17.7. The SMILES string of the molecule is CC(CC#N)Sc1ccccc1NC(=O)Cn1cnc2c(Cl)cc(Cl)cc2c1=O. The van der Waals surface area contributed by atoms with E-state index in [9.17, 15) is 9.59 Å². The number of carbonyl (C=O) groups is 1. The van der Waals surface area contributed by atoms with Gasteiger partial charge in [-0.15, -0.1) is 11.8 Å². The molecule has 2 aromatic carbocycles. The number of halogens is 2. The van der Waals surface area contributed by atoms with Crippen molar-refractivity contribution in [2.75, 3.05) is 5.32 Å². The smallest absolute Gasteiger partial charge is 0.261 e. The number of fused-ring (bicyclic) bond motifs is 1. The molecule has 1 unspecified atom stereocenters. The first-order valence-corrected chi connectivity index (χ1v) is 10.3. The van der Waals surface area contributed by atoms with E-state index in [1.165, 1.54) is 34.8 Å². The Kier molecular flexibility index (Phi) is 6.80. The van der Waals surface area contributed by atoms with Crippen LogP contribution in [0, 0.1) is 11.3 Å². The van der Waals surface area contributed by atoms with E-state index in [-0.39, 0.29) is 28.1 Å². The summed E-state index contributed by atoms with van der Waals surface area (Å²) in [5, 5.41) is 12.6. The fraction of sp³-hybridized carbons (Fsp3) is 0.200. The van der Waals surface area contributed by atoms with Crippen LogP contribution in [0.3, 0.4) is 0 Å². The van der Waals surface area contributed by atoms with Crippen LogP contribution in [0.4, 0.5) is 5.69 Å². The van der Waals surface area contributed by atoms with Gasteiger partial charge in [-0.3, -0.25) is 14.2 Å². The average molecular weight is 447 g/mol. The molecule has 1 N–H and O–H groups in total. The number of nitriles is 1. The molecule has 1 atom stereocenters. The predicted octanol–water partition coefficient (Wildman–Crippen LogP) is 4.74. The summed E-state index contributed by atoms with van der Waals surface area (Å²) in [5.74, 6) is -0.373. The van der Waals surface area contributed by atoms with Crippen molar-refractivity contribution in [2.45, 2.75) is 30.0 Å². The zero-order chi connectivity index (χ0) is 21.0. The number of nitrogens with zero attached hydrogens (tertiary/aromatic N) is 3. The largest absolute Gasteiger partial charge is 0.324 e. The lowest BCUT2D eigenvalue weighted by atomic mass is 10.2. The maximum Gasteiger partial charge on any atom is 0.261 e. The van der Waals surface area contributed by atoms with Crippen molar-refractivity contribution >= 4 is 57.5 Å². The number of hydrogen-bond acceptors (Lipinski definition) is 5. The number of nitrogens with one attached hydrogen (secondary N) is 1. The van der Waals surface area contributed by atoms with E-state index in [2.05, 4.69) is 16.4 Å². The summed E-state index contributed by atoms with van der Waals surface area (Å²) in [6.07, 6.45) is 1.69. The average Bonchev–Trinajstić information content (AvgIpc) is 2.66. The monoisotopic (exact) mass is 446 g/mol. The number of rotatable bonds is 6. The van der Waals surface area contributed by atoms with E-state index in [1.54, 1.807) is 6.07 Å². The minimum absolute atomic E-state index is 0.0832. The summed E-state index contributed by atoms with van der Waals surface area (Å²) >= 11 is 13.6. The molecule has 0 radical (unpaired) electrons. The van der Waals surface area contributed by atoms with Crippen LogP contribution in [-0.2, 0) is 11.3 Å². The van der Waals surface area contributed by atoms with Crippen molar-refractivity contribution in [2.24, 2.45) is 0 Å².